The molecular formula is C25H23ClN2O2S. The third-order valence-electron chi connectivity index (χ3n) is 4.63. The van der Waals surface area contributed by atoms with Gasteiger partial charge in [0.05, 0.1) is 24.6 Å². The van der Waals surface area contributed by atoms with Gasteiger partial charge >= 0.3 is 0 Å². The van der Waals surface area contributed by atoms with Crippen molar-refractivity contribution in [1.82, 2.24) is 4.57 Å². The Morgan fingerprint density at radius 1 is 0.806 bits per heavy atom. The quantitative estimate of drug-likeness (QED) is 0.307. The van der Waals surface area contributed by atoms with Gasteiger partial charge in [0.1, 0.15) is 11.5 Å². The average Bonchev–Trinajstić information content (AvgIpc) is 3.20. The minimum Gasteiger partial charge on any atom is -0.494 e. The van der Waals surface area contributed by atoms with Crippen molar-refractivity contribution in [3.05, 3.63) is 88.0 Å². The highest BCUT2D eigenvalue weighted by Gasteiger charge is 2.11. The second-order valence-corrected chi connectivity index (χ2v) is 7.98. The Balaban J connectivity index is 1.82. The average molecular weight is 451 g/mol. The molecule has 6 heteroatoms. The first-order valence-corrected chi connectivity index (χ1v) is 11.4. The normalized spacial score (nSPS) is 11.5. The van der Waals surface area contributed by atoms with Crippen LogP contribution in [0.1, 0.15) is 13.8 Å². The molecule has 1 heterocycles. The highest BCUT2D eigenvalue weighted by Crippen LogP contribution is 2.27. The number of rotatable bonds is 7. The SMILES string of the molecule is CCOc1ccc(N=c2scc(-c3ccc(Cl)cc3)n2-c2ccc(OCC)cc2)cc1. The summed E-state index contributed by atoms with van der Waals surface area (Å²) in [5, 5.41) is 2.83. The Labute approximate surface area is 191 Å². The minimum atomic E-state index is 0.638. The zero-order valence-electron chi connectivity index (χ0n) is 17.4. The number of thiazole rings is 1. The highest BCUT2D eigenvalue weighted by molar-refractivity contribution is 7.07. The van der Waals surface area contributed by atoms with Crippen LogP contribution < -0.4 is 14.3 Å². The van der Waals surface area contributed by atoms with Crippen molar-refractivity contribution in [2.45, 2.75) is 13.8 Å². The first kappa shape index (κ1) is 21.2. The number of benzene rings is 3. The van der Waals surface area contributed by atoms with Crippen LogP contribution in [0.5, 0.6) is 11.5 Å². The Morgan fingerprint density at radius 2 is 1.39 bits per heavy atom. The number of nitrogens with zero attached hydrogens (tertiary/aromatic N) is 2. The lowest BCUT2D eigenvalue weighted by Gasteiger charge is -2.11. The van der Waals surface area contributed by atoms with Crippen molar-refractivity contribution < 1.29 is 9.47 Å². The van der Waals surface area contributed by atoms with E-state index in [1.54, 1.807) is 11.3 Å². The van der Waals surface area contributed by atoms with E-state index in [1.165, 1.54) is 0 Å². The standard InChI is InChI=1S/C25H23ClN2O2S/c1-3-29-22-13-9-20(10-14-22)27-25-28(21-11-15-23(16-12-21)30-4-2)24(17-31-25)18-5-7-19(26)8-6-18/h5-17H,3-4H2,1-2H3. The molecule has 0 spiro atoms. The molecule has 0 saturated heterocycles. The second-order valence-electron chi connectivity index (χ2n) is 6.71. The first-order chi connectivity index (χ1) is 15.2. The predicted molar refractivity (Wildman–Crippen MR) is 128 cm³/mol. The van der Waals surface area contributed by atoms with E-state index < -0.39 is 0 Å². The molecule has 0 atom stereocenters. The number of aromatic nitrogens is 1. The molecule has 158 valence electrons. The van der Waals surface area contributed by atoms with Crippen LogP contribution >= 0.6 is 22.9 Å². The molecule has 0 fully saturated rings. The van der Waals surface area contributed by atoms with Gasteiger partial charge in [0.25, 0.3) is 0 Å². The molecule has 0 N–H and O–H groups in total. The van der Waals surface area contributed by atoms with Gasteiger partial charge in [-0.2, -0.15) is 0 Å². The third-order valence-corrected chi connectivity index (χ3v) is 5.70. The van der Waals surface area contributed by atoms with Crippen molar-refractivity contribution in [3.8, 4) is 28.4 Å². The van der Waals surface area contributed by atoms with E-state index in [9.17, 15) is 0 Å². The maximum atomic E-state index is 6.10. The van der Waals surface area contributed by atoms with E-state index in [0.717, 1.165) is 38.9 Å². The monoisotopic (exact) mass is 450 g/mol. The minimum absolute atomic E-state index is 0.638. The summed E-state index contributed by atoms with van der Waals surface area (Å²) >= 11 is 7.70. The summed E-state index contributed by atoms with van der Waals surface area (Å²) in [7, 11) is 0. The van der Waals surface area contributed by atoms with Gasteiger partial charge in [0.15, 0.2) is 4.80 Å². The molecule has 31 heavy (non-hydrogen) atoms. The summed E-state index contributed by atoms with van der Waals surface area (Å²) in [6.45, 7) is 5.23. The topological polar surface area (TPSA) is 35.8 Å². The fraction of sp³-hybridized carbons (Fsp3) is 0.160. The molecule has 0 amide bonds. The molecule has 0 unspecified atom stereocenters. The van der Waals surface area contributed by atoms with Crippen molar-refractivity contribution in [2.75, 3.05) is 13.2 Å². The number of hydrogen-bond acceptors (Lipinski definition) is 4. The molecule has 3 aromatic carbocycles. The van der Waals surface area contributed by atoms with E-state index in [-0.39, 0.29) is 0 Å². The van der Waals surface area contributed by atoms with Crippen LogP contribution in [-0.2, 0) is 0 Å². The van der Waals surface area contributed by atoms with E-state index in [4.69, 9.17) is 26.1 Å². The molecule has 0 aliphatic carbocycles. The number of halogens is 1. The van der Waals surface area contributed by atoms with Crippen molar-refractivity contribution in [2.24, 2.45) is 4.99 Å². The van der Waals surface area contributed by atoms with Gasteiger partial charge in [-0.05, 0) is 80.1 Å². The molecule has 1 aromatic heterocycles. The van der Waals surface area contributed by atoms with Crippen LogP contribution in [0.3, 0.4) is 0 Å². The summed E-state index contributed by atoms with van der Waals surface area (Å²) in [6, 6.07) is 23.7. The Kier molecular flexibility index (Phi) is 6.75. The lowest BCUT2D eigenvalue weighted by molar-refractivity contribution is 0.340. The molecule has 4 nitrogen and oxygen atoms in total. The molecular weight excluding hydrogens is 428 g/mol. The maximum absolute atomic E-state index is 6.10. The largest absolute Gasteiger partial charge is 0.494 e. The zero-order chi connectivity index (χ0) is 21.6. The summed E-state index contributed by atoms with van der Waals surface area (Å²) < 4.78 is 13.3. The Hall–Kier alpha value is -3.02. The van der Waals surface area contributed by atoms with Crippen LogP contribution in [0.15, 0.2) is 83.2 Å². The zero-order valence-corrected chi connectivity index (χ0v) is 19.0. The van der Waals surface area contributed by atoms with Gasteiger partial charge in [-0.1, -0.05) is 23.7 Å². The summed E-state index contributed by atoms with van der Waals surface area (Å²) in [5.41, 5.74) is 4.00. The molecule has 0 radical (unpaired) electrons. The van der Waals surface area contributed by atoms with Gasteiger partial charge in [-0.3, -0.25) is 4.57 Å². The Bertz CT molecular complexity index is 1190. The molecule has 0 aliphatic heterocycles. The highest BCUT2D eigenvalue weighted by atomic mass is 35.5. The van der Waals surface area contributed by atoms with E-state index >= 15 is 0 Å². The predicted octanol–water partition coefficient (Wildman–Crippen LogP) is 6.89. The van der Waals surface area contributed by atoms with Gasteiger partial charge in [0, 0.05) is 16.1 Å². The molecule has 4 rings (SSSR count). The van der Waals surface area contributed by atoms with E-state index in [1.807, 2.05) is 86.6 Å². The molecule has 0 bridgehead atoms. The van der Waals surface area contributed by atoms with Crippen LogP contribution in [0.2, 0.25) is 5.02 Å². The smallest absolute Gasteiger partial charge is 0.195 e. The van der Waals surface area contributed by atoms with Crippen molar-refractivity contribution in [1.29, 1.82) is 0 Å². The van der Waals surface area contributed by atoms with Gasteiger partial charge < -0.3 is 9.47 Å². The molecule has 0 saturated carbocycles. The van der Waals surface area contributed by atoms with Gasteiger partial charge in [-0.25, -0.2) is 4.99 Å². The third kappa shape index (κ3) is 5.01. The molecule has 0 aliphatic rings. The second kappa shape index (κ2) is 9.86. The maximum Gasteiger partial charge on any atom is 0.195 e. The van der Waals surface area contributed by atoms with E-state index in [0.29, 0.717) is 18.2 Å². The number of ether oxygens (including phenoxy) is 2. The van der Waals surface area contributed by atoms with Gasteiger partial charge in [0.2, 0.25) is 0 Å². The fourth-order valence-electron chi connectivity index (χ4n) is 3.21. The van der Waals surface area contributed by atoms with Crippen LogP contribution in [0.4, 0.5) is 5.69 Å². The van der Waals surface area contributed by atoms with Crippen molar-refractivity contribution in [3.63, 3.8) is 0 Å². The Morgan fingerprint density at radius 3 is 1.97 bits per heavy atom. The fourth-order valence-corrected chi connectivity index (χ4v) is 4.26. The summed E-state index contributed by atoms with van der Waals surface area (Å²) in [5.74, 6) is 1.69. The lowest BCUT2D eigenvalue weighted by Crippen LogP contribution is -2.13. The number of hydrogen-bond donors (Lipinski definition) is 0. The van der Waals surface area contributed by atoms with Crippen molar-refractivity contribution >= 4 is 28.6 Å². The van der Waals surface area contributed by atoms with E-state index in [2.05, 4.69) is 9.95 Å². The summed E-state index contributed by atoms with van der Waals surface area (Å²) in [4.78, 5) is 5.78. The molecule has 4 aromatic rings. The summed E-state index contributed by atoms with van der Waals surface area (Å²) in [6.07, 6.45) is 0. The van der Waals surface area contributed by atoms with Crippen LogP contribution in [-0.4, -0.2) is 17.8 Å². The first-order valence-electron chi connectivity index (χ1n) is 10.1. The van der Waals surface area contributed by atoms with Crippen LogP contribution in [0, 0.1) is 0 Å². The van der Waals surface area contributed by atoms with Gasteiger partial charge in [-0.15, -0.1) is 11.3 Å². The lowest BCUT2D eigenvalue weighted by atomic mass is 10.1. The van der Waals surface area contributed by atoms with Crippen LogP contribution in [0.25, 0.3) is 16.9 Å².